The molecule has 40 heavy (non-hydrogen) atoms. The van der Waals surface area contributed by atoms with Gasteiger partial charge in [-0.25, -0.2) is 0 Å². The van der Waals surface area contributed by atoms with Crippen LogP contribution < -0.4 is 18.9 Å². The van der Waals surface area contributed by atoms with E-state index in [2.05, 4.69) is 9.98 Å². The SMILES string of the molecule is COc1cccc(C=Nc2ccccc2OCC(O)COc2ccccc2N=Cc2cccc(OC)c2O)c1O. The maximum absolute atomic E-state index is 10.5. The molecule has 0 saturated carbocycles. The minimum atomic E-state index is -0.945. The highest BCUT2D eigenvalue weighted by atomic mass is 16.5. The molecule has 0 saturated heterocycles. The van der Waals surface area contributed by atoms with E-state index < -0.39 is 6.10 Å². The topological polar surface area (TPSA) is 122 Å². The van der Waals surface area contributed by atoms with Crippen molar-refractivity contribution in [1.82, 2.24) is 0 Å². The predicted octanol–water partition coefficient (Wildman–Crippen LogP) is 5.43. The van der Waals surface area contributed by atoms with Crippen LogP contribution in [0.3, 0.4) is 0 Å². The van der Waals surface area contributed by atoms with Gasteiger partial charge in [-0.05, 0) is 48.5 Å². The number of para-hydroxylation sites is 6. The Labute approximate surface area is 232 Å². The van der Waals surface area contributed by atoms with Crippen LogP contribution in [-0.2, 0) is 0 Å². The smallest absolute Gasteiger partial charge is 0.166 e. The summed E-state index contributed by atoms with van der Waals surface area (Å²) < 4.78 is 21.9. The Morgan fingerprint density at radius 1 is 0.600 bits per heavy atom. The van der Waals surface area contributed by atoms with Gasteiger partial charge in [0.05, 0.1) is 14.2 Å². The Balaban J connectivity index is 1.37. The van der Waals surface area contributed by atoms with Crippen LogP contribution in [0, 0.1) is 0 Å². The van der Waals surface area contributed by atoms with E-state index in [0.29, 0.717) is 45.5 Å². The van der Waals surface area contributed by atoms with Crippen LogP contribution >= 0.6 is 0 Å². The number of phenolic OH excluding ortho intramolecular Hbond substituents is 2. The van der Waals surface area contributed by atoms with Crippen molar-refractivity contribution in [3.8, 4) is 34.5 Å². The molecule has 0 atom stereocenters. The fourth-order valence-corrected chi connectivity index (χ4v) is 3.69. The third-order valence-corrected chi connectivity index (χ3v) is 5.78. The normalized spacial score (nSPS) is 12.0. The van der Waals surface area contributed by atoms with Gasteiger partial charge in [-0.1, -0.05) is 36.4 Å². The average molecular weight is 543 g/mol. The van der Waals surface area contributed by atoms with Gasteiger partial charge in [-0.15, -0.1) is 0 Å². The van der Waals surface area contributed by atoms with Crippen molar-refractivity contribution in [2.24, 2.45) is 9.98 Å². The second-order valence-electron chi connectivity index (χ2n) is 8.52. The van der Waals surface area contributed by atoms with E-state index in [1.54, 1.807) is 72.8 Å². The van der Waals surface area contributed by atoms with Gasteiger partial charge in [0.25, 0.3) is 0 Å². The highest BCUT2D eigenvalue weighted by molar-refractivity contribution is 5.88. The van der Waals surface area contributed by atoms with Crippen molar-refractivity contribution in [2.45, 2.75) is 6.10 Å². The van der Waals surface area contributed by atoms with Crippen molar-refractivity contribution in [3.63, 3.8) is 0 Å². The first kappa shape index (κ1) is 28.0. The monoisotopic (exact) mass is 542 g/mol. The Kier molecular flexibility index (Phi) is 9.58. The quantitative estimate of drug-likeness (QED) is 0.204. The van der Waals surface area contributed by atoms with Crippen LogP contribution in [0.2, 0.25) is 0 Å². The second kappa shape index (κ2) is 13.7. The minimum absolute atomic E-state index is 0.00960. The van der Waals surface area contributed by atoms with Gasteiger partial charge in [0.15, 0.2) is 23.0 Å². The molecule has 0 bridgehead atoms. The molecular weight excluding hydrogens is 512 g/mol. The number of aliphatic hydroxyl groups excluding tert-OH is 1. The lowest BCUT2D eigenvalue weighted by Crippen LogP contribution is -2.25. The molecule has 0 unspecified atom stereocenters. The average Bonchev–Trinajstić information content (AvgIpc) is 2.98. The Morgan fingerprint density at radius 2 is 1.00 bits per heavy atom. The molecule has 4 rings (SSSR count). The second-order valence-corrected chi connectivity index (χ2v) is 8.52. The molecule has 206 valence electrons. The first-order valence-corrected chi connectivity index (χ1v) is 12.4. The third kappa shape index (κ3) is 7.09. The summed E-state index contributed by atoms with van der Waals surface area (Å²) >= 11 is 0. The van der Waals surface area contributed by atoms with Crippen LogP contribution in [-0.4, -0.2) is 61.3 Å². The van der Waals surface area contributed by atoms with Gasteiger partial charge in [0.2, 0.25) is 0 Å². The number of nitrogens with zero attached hydrogens (tertiary/aromatic N) is 2. The Bertz CT molecular complexity index is 1380. The molecule has 4 aromatic carbocycles. The number of methoxy groups -OCH3 is 2. The number of aromatic hydroxyl groups is 2. The summed E-state index contributed by atoms with van der Waals surface area (Å²) in [6, 6.07) is 24.5. The lowest BCUT2D eigenvalue weighted by Gasteiger charge is -2.15. The number of rotatable bonds is 12. The molecule has 0 amide bonds. The maximum Gasteiger partial charge on any atom is 0.166 e. The van der Waals surface area contributed by atoms with E-state index in [4.69, 9.17) is 18.9 Å². The fourth-order valence-electron chi connectivity index (χ4n) is 3.69. The highest BCUT2D eigenvalue weighted by Crippen LogP contribution is 2.32. The first-order chi connectivity index (χ1) is 19.5. The zero-order valence-corrected chi connectivity index (χ0v) is 22.1. The number of hydrogen-bond donors (Lipinski definition) is 3. The molecule has 9 heteroatoms. The number of phenols is 2. The molecule has 0 heterocycles. The molecule has 0 aromatic heterocycles. The minimum Gasteiger partial charge on any atom is -0.504 e. The summed E-state index contributed by atoms with van der Waals surface area (Å²) in [5, 5.41) is 31.1. The molecule has 0 aliphatic rings. The number of aliphatic hydroxyl groups is 1. The van der Waals surface area contributed by atoms with Gasteiger partial charge in [0, 0.05) is 23.6 Å². The van der Waals surface area contributed by atoms with Crippen LogP contribution in [0.4, 0.5) is 11.4 Å². The number of aliphatic imine (C=N–C) groups is 2. The molecule has 3 N–H and O–H groups in total. The van der Waals surface area contributed by atoms with Gasteiger partial charge >= 0.3 is 0 Å². The largest absolute Gasteiger partial charge is 0.504 e. The van der Waals surface area contributed by atoms with Crippen LogP contribution in [0.1, 0.15) is 11.1 Å². The molecule has 0 spiro atoms. The predicted molar refractivity (Wildman–Crippen MR) is 154 cm³/mol. The van der Waals surface area contributed by atoms with E-state index in [-0.39, 0.29) is 24.7 Å². The zero-order valence-electron chi connectivity index (χ0n) is 22.1. The van der Waals surface area contributed by atoms with E-state index in [1.165, 1.54) is 26.6 Å². The third-order valence-electron chi connectivity index (χ3n) is 5.78. The van der Waals surface area contributed by atoms with Crippen molar-refractivity contribution < 1.29 is 34.3 Å². The van der Waals surface area contributed by atoms with Gasteiger partial charge in [-0.2, -0.15) is 0 Å². The standard InChI is InChI=1S/C31H30N2O7/c1-37-28-15-7-9-21(30(28)35)17-32-24-11-3-5-13-26(24)39-19-23(34)20-40-27-14-6-4-12-25(27)33-18-22-10-8-16-29(38-2)31(22)36/h3-18,23,34-36H,19-20H2,1-2H3. The maximum atomic E-state index is 10.5. The van der Waals surface area contributed by atoms with Gasteiger partial charge in [0.1, 0.15) is 42.2 Å². The van der Waals surface area contributed by atoms with Gasteiger partial charge in [-0.3, -0.25) is 9.98 Å². The van der Waals surface area contributed by atoms with E-state index >= 15 is 0 Å². The van der Waals surface area contributed by atoms with E-state index in [1.807, 2.05) is 12.1 Å². The number of hydrogen-bond acceptors (Lipinski definition) is 9. The Morgan fingerprint density at radius 3 is 1.43 bits per heavy atom. The van der Waals surface area contributed by atoms with Crippen molar-refractivity contribution in [2.75, 3.05) is 27.4 Å². The number of benzene rings is 4. The number of ether oxygens (including phenoxy) is 4. The lowest BCUT2D eigenvalue weighted by molar-refractivity contribution is 0.0631. The summed E-state index contributed by atoms with van der Waals surface area (Å²) in [5.74, 6) is 1.60. The fraction of sp³-hybridized carbons (Fsp3) is 0.161. The Hall–Kier alpha value is -5.02. The lowest BCUT2D eigenvalue weighted by atomic mass is 10.2. The molecular formula is C31H30N2O7. The van der Waals surface area contributed by atoms with Crippen molar-refractivity contribution in [3.05, 3.63) is 96.1 Å². The molecule has 9 nitrogen and oxygen atoms in total. The first-order valence-electron chi connectivity index (χ1n) is 12.4. The van der Waals surface area contributed by atoms with Crippen LogP contribution in [0.25, 0.3) is 0 Å². The summed E-state index contributed by atoms with van der Waals surface area (Å²) in [6.45, 7) is -0.0832. The van der Waals surface area contributed by atoms with E-state index in [9.17, 15) is 15.3 Å². The molecule has 0 radical (unpaired) electrons. The molecule has 4 aromatic rings. The van der Waals surface area contributed by atoms with Gasteiger partial charge < -0.3 is 34.3 Å². The van der Waals surface area contributed by atoms with Crippen LogP contribution in [0.5, 0.6) is 34.5 Å². The summed E-state index contributed by atoms with van der Waals surface area (Å²) in [7, 11) is 2.96. The molecule has 0 aliphatic carbocycles. The molecule has 0 fully saturated rings. The molecule has 0 aliphatic heterocycles. The summed E-state index contributed by atoms with van der Waals surface area (Å²) in [4.78, 5) is 8.88. The van der Waals surface area contributed by atoms with Crippen LogP contribution in [0.15, 0.2) is 94.9 Å². The van der Waals surface area contributed by atoms with Crippen molar-refractivity contribution >= 4 is 23.8 Å². The summed E-state index contributed by atoms with van der Waals surface area (Å²) in [5.41, 5.74) is 2.03. The van der Waals surface area contributed by atoms with Crippen molar-refractivity contribution in [1.29, 1.82) is 0 Å². The zero-order chi connectivity index (χ0) is 28.3. The highest BCUT2D eigenvalue weighted by Gasteiger charge is 2.12. The van der Waals surface area contributed by atoms with E-state index in [0.717, 1.165) is 0 Å². The summed E-state index contributed by atoms with van der Waals surface area (Å²) in [6.07, 6.45) is 2.09.